The maximum Gasteiger partial charge on any atom is 0.186 e. The molecule has 0 saturated carbocycles. The summed E-state index contributed by atoms with van der Waals surface area (Å²) in [6.45, 7) is 7.06. The third kappa shape index (κ3) is 1.81. The van der Waals surface area contributed by atoms with Gasteiger partial charge in [-0.1, -0.05) is 30.1 Å². The van der Waals surface area contributed by atoms with Crippen LogP contribution in [0, 0.1) is 5.92 Å². The molecule has 3 nitrogen and oxygen atoms in total. The smallest absolute Gasteiger partial charge is 0.186 e. The highest BCUT2D eigenvalue weighted by Crippen LogP contribution is 2.50. The lowest BCUT2D eigenvalue weighted by molar-refractivity contribution is -0.108. The van der Waals surface area contributed by atoms with E-state index in [9.17, 15) is 0 Å². The fourth-order valence-corrected chi connectivity index (χ4v) is 4.16. The van der Waals surface area contributed by atoms with Gasteiger partial charge in [-0.05, 0) is 38.2 Å². The van der Waals surface area contributed by atoms with E-state index in [0.717, 1.165) is 12.1 Å². The third-order valence-electron chi connectivity index (χ3n) is 4.40. The van der Waals surface area contributed by atoms with Crippen molar-refractivity contribution in [3.05, 3.63) is 27.7 Å². The molecular formula is C14H16Cl2N2OS. The second-order valence-electron chi connectivity index (χ2n) is 5.42. The summed E-state index contributed by atoms with van der Waals surface area (Å²) < 4.78 is 6.27. The van der Waals surface area contributed by atoms with Gasteiger partial charge in [0.25, 0.3) is 0 Å². The van der Waals surface area contributed by atoms with Gasteiger partial charge in [0, 0.05) is 23.0 Å². The second-order valence-corrected chi connectivity index (χ2v) is 6.65. The number of hydrogen-bond acceptors (Lipinski definition) is 2. The molecule has 0 radical (unpaired) electrons. The standard InChI is InChI=1S/C14H16Cl2N2OS/c1-4-18-13(20)17-11-7(2)14(18,3)19-12-9(11)5-8(15)6-10(12)16/h5-7,11H,4H2,1-3H3,(H,17,20). The van der Waals surface area contributed by atoms with Gasteiger partial charge in [-0.2, -0.15) is 0 Å². The molecule has 1 aromatic rings. The molecule has 2 bridgehead atoms. The number of ether oxygens (including phenoxy) is 1. The van der Waals surface area contributed by atoms with Crippen LogP contribution in [-0.2, 0) is 0 Å². The Labute approximate surface area is 134 Å². The van der Waals surface area contributed by atoms with Gasteiger partial charge in [0.2, 0.25) is 0 Å². The van der Waals surface area contributed by atoms with Crippen molar-refractivity contribution in [1.29, 1.82) is 0 Å². The predicted molar refractivity (Wildman–Crippen MR) is 85.5 cm³/mol. The minimum atomic E-state index is -0.494. The van der Waals surface area contributed by atoms with Gasteiger partial charge in [0.1, 0.15) is 5.75 Å². The van der Waals surface area contributed by atoms with Crippen LogP contribution in [0.2, 0.25) is 10.0 Å². The Bertz CT molecular complexity index is 595. The van der Waals surface area contributed by atoms with Crippen molar-refractivity contribution in [3.63, 3.8) is 0 Å². The highest BCUT2D eigenvalue weighted by Gasteiger charge is 2.53. The van der Waals surface area contributed by atoms with Gasteiger partial charge in [-0.3, -0.25) is 0 Å². The zero-order chi connectivity index (χ0) is 14.7. The molecule has 1 N–H and O–H groups in total. The number of fused-ring (bicyclic) bond motifs is 4. The first-order chi connectivity index (χ1) is 9.38. The maximum absolute atomic E-state index is 6.31. The molecule has 6 heteroatoms. The molecule has 1 saturated heterocycles. The summed E-state index contributed by atoms with van der Waals surface area (Å²) in [6.07, 6.45) is 0. The van der Waals surface area contributed by atoms with Crippen molar-refractivity contribution in [2.75, 3.05) is 6.54 Å². The van der Waals surface area contributed by atoms with E-state index < -0.39 is 5.72 Å². The Morgan fingerprint density at radius 3 is 2.80 bits per heavy atom. The van der Waals surface area contributed by atoms with Crippen molar-refractivity contribution >= 4 is 40.5 Å². The Kier molecular flexibility index (Phi) is 3.31. The molecule has 1 aromatic carbocycles. The van der Waals surface area contributed by atoms with Gasteiger partial charge >= 0.3 is 0 Å². The predicted octanol–water partition coefficient (Wildman–Crippen LogP) is 3.99. The molecule has 0 aliphatic carbocycles. The van der Waals surface area contributed by atoms with Gasteiger partial charge in [0.15, 0.2) is 10.8 Å². The fourth-order valence-electron chi connectivity index (χ4n) is 3.17. The zero-order valence-corrected chi connectivity index (χ0v) is 13.9. The Morgan fingerprint density at radius 2 is 2.15 bits per heavy atom. The molecule has 1 fully saturated rings. The van der Waals surface area contributed by atoms with Crippen LogP contribution >= 0.6 is 35.4 Å². The van der Waals surface area contributed by atoms with Gasteiger partial charge in [-0.15, -0.1) is 0 Å². The number of nitrogens with zero attached hydrogens (tertiary/aromatic N) is 1. The minimum absolute atomic E-state index is 0.0650. The molecule has 0 aromatic heterocycles. The van der Waals surface area contributed by atoms with E-state index in [1.807, 2.05) is 6.07 Å². The average molecular weight is 331 g/mol. The van der Waals surface area contributed by atoms with Crippen molar-refractivity contribution in [2.45, 2.75) is 32.5 Å². The minimum Gasteiger partial charge on any atom is -0.466 e. The molecule has 3 atom stereocenters. The highest BCUT2D eigenvalue weighted by molar-refractivity contribution is 7.80. The fraction of sp³-hybridized carbons (Fsp3) is 0.500. The van der Waals surface area contributed by atoms with E-state index >= 15 is 0 Å². The van der Waals surface area contributed by atoms with Crippen molar-refractivity contribution in [2.24, 2.45) is 5.92 Å². The summed E-state index contributed by atoms with van der Waals surface area (Å²) >= 11 is 17.9. The lowest BCUT2D eigenvalue weighted by Crippen LogP contribution is -2.68. The quantitative estimate of drug-likeness (QED) is 0.787. The van der Waals surface area contributed by atoms with Gasteiger partial charge in [0.05, 0.1) is 11.1 Å². The molecule has 0 amide bonds. The Hall–Kier alpha value is -0.710. The summed E-state index contributed by atoms with van der Waals surface area (Å²) in [7, 11) is 0. The van der Waals surface area contributed by atoms with Gasteiger partial charge < -0.3 is 15.0 Å². The molecule has 108 valence electrons. The largest absolute Gasteiger partial charge is 0.466 e. The summed E-state index contributed by atoms with van der Waals surface area (Å²) in [5.74, 6) is 0.922. The number of nitrogens with one attached hydrogen (secondary N) is 1. The first-order valence-corrected chi connectivity index (χ1v) is 7.81. The lowest BCUT2D eigenvalue weighted by atomic mass is 9.81. The summed E-state index contributed by atoms with van der Waals surface area (Å²) in [5.41, 5.74) is 0.484. The SMILES string of the molecule is CCN1C(=S)NC2c3cc(Cl)cc(Cl)c3OC1(C)C2C. The topological polar surface area (TPSA) is 24.5 Å². The first-order valence-electron chi connectivity index (χ1n) is 6.64. The van der Waals surface area contributed by atoms with Crippen LogP contribution in [0.15, 0.2) is 12.1 Å². The number of hydrogen-bond donors (Lipinski definition) is 1. The molecule has 0 spiro atoms. The van der Waals surface area contributed by atoms with E-state index in [1.54, 1.807) is 6.07 Å². The lowest BCUT2D eigenvalue weighted by Gasteiger charge is -2.56. The Morgan fingerprint density at radius 1 is 1.45 bits per heavy atom. The van der Waals surface area contributed by atoms with Crippen molar-refractivity contribution in [3.8, 4) is 5.75 Å². The molecule has 20 heavy (non-hydrogen) atoms. The molecule has 2 heterocycles. The molecular weight excluding hydrogens is 315 g/mol. The second kappa shape index (κ2) is 4.65. The highest BCUT2D eigenvalue weighted by atomic mass is 35.5. The first kappa shape index (κ1) is 14.2. The molecule has 3 unspecified atom stereocenters. The van der Waals surface area contributed by atoms with Crippen LogP contribution in [0.1, 0.15) is 32.4 Å². The number of benzene rings is 1. The van der Waals surface area contributed by atoms with Crippen LogP contribution in [0.4, 0.5) is 0 Å². The van der Waals surface area contributed by atoms with Crippen LogP contribution in [0.25, 0.3) is 0 Å². The van der Waals surface area contributed by atoms with Crippen molar-refractivity contribution < 1.29 is 4.74 Å². The van der Waals surface area contributed by atoms with E-state index in [0.29, 0.717) is 20.9 Å². The van der Waals surface area contributed by atoms with Crippen LogP contribution in [-0.4, -0.2) is 22.3 Å². The average Bonchev–Trinajstić information content (AvgIpc) is 2.36. The summed E-state index contributed by atoms with van der Waals surface area (Å²) in [5, 5.41) is 5.26. The van der Waals surface area contributed by atoms with Crippen LogP contribution < -0.4 is 10.1 Å². The van der Waals surface area contributed by atoms with Crippen LogP contribution in [0.3, 0.4) is 0 Å². The third-order valence-corrected chi connectivity index (χ3v) is 5.24. The molecule has 2 aliphatic rings. The molecule has 2 aliphatic heterocycles. The number of halogens is 2. The Balaban J connectivity index is 2.19. The monoisotopic (exact) mass is 330 g/mol. The van der Waals surface area contributed by atoms with E-state index in [2.05, 4.69) is 31.0 Å². The van der Waals surface area contributed by atoms with Gasteiger partial charge in [-0.25, -0.2) is 0 Å². The van der Waals surface area contributed by atoms with Crippen LogP contribution in [0.5, 0.6) is 5.75 Å². The van der Waals surface area contributed by atoms with E-state index in [4.69, 9.17) is 40.2 Å². The zero-order valence-electron chi connectivity index (χ0n) is 11.5. The number of rotatable bonds is 1. The van der Waals surface area contributed by atoms with Crippen molar-refractivity contribution in [1.82, 2.24) is 10.2 Å². The molecule has 3 rings (SSSR count). The summed E-state index contributed by atoms with van der Waals surface area (Å²) in [4.78, 5) is 2.07. The summed E-state index contributed by atoms with van der Waals surface area (Å²) in [6, 6.07) is 3.68. The van der Waals surface area contributed by atoms with E-state index in [1.165, 1.54) is 0 Å². The number of thiocarbonyl (C=S) groups is 1. The maximum atomic E-state index is 6.31. The normalized spacial score (nSPS) is 31.4. The van der Waals surface area contributed by atoms with E-state index in [-0.39, 0.29) is 12.0 Å².